The molecule has 0 aromatic carbocycles. The highest BCUT2D eigenvalue weighted by Crippen LogP contribution is 2.24. The van der Waals surface area contributed by atoms with E-state index in [1.165, 1.54) is 18.2 Å². The minimum atomic E-state index is -4.52. The molecule has 8 nitrogen and oxygen atoms in total. The van der Waals surface area contributed by atoms with Crippen molar-refractivity contribution in [3.63, 3.8) is 0 Å². The van der Waals surface area contributed by atoms with Gasteiger partial charge in [-0.1, -0.05) is 0 Å². The summed E-state index contributed by atoms with van der Waals surface area (Å²) in [5.41, 5.74) is 0.388. The first-order chi connectivity index (χ1) is 11.5. The summed E-state index contributed by atoms with van der Waals surface area (Å²) in [5.74, 6) is -0.904. The summed E-state index contributed by atoms with van der Waals surface area (Å²) in [7, 11) is -3.82. The van der Waals surface area contributed by atoms with E-state index in [1.54, 1.807) is 5.32 Å². The Balaban J connectivity index is 2.19. The highest BCUT2D eigenvalue weighted by molar-refractivity contribution is 7.89. The van der Waals surface area contributed by atoms with Gasteiger partial charge in [0.15, 0.2) is 0 Å². The largest absolute Gasteiger partial charge is 0.405 e. The molecule has 0 atom stereocenters. The molecule has 1 aromatic heterocycles. The van der Waals surface area contributed by atoms with Crippen molar-refractivity contribution in [3.8, 4) is 0 Å². The quantitative estimate of drug-likeness (QED) is 0.783. The molecule has 1 fully saturated rings. The third-order valence-electron chi connectivity index (χ3n) is 3.66. The number of sulfonamides is 1. The van der Waals surface area contributed by atoms with E-state index in [1.807, 2.05) is 0 Å². The number of nitrogens with zero attached hydrogens (tertiary/aromatic N) is 3. The lowest BCUT2D eigenvalue weighted by Gasteiger charge is -2.26. The summed E-state index contributed by atoms with van der Waals surface area (Å²) in [6.45, 7) is 1.97. The van der Waals surface area contributed by atoms with Gasteiger partial charge in [0, 0.05) is 13.1 Å². The predicted molar refractivity (Wildman–Crippen MR) is 80.3 cm³/mol. The van der Waals surface area contributed by atoms with Crippen molar-refractivity contribution < 1.29 is 31.1 Å². The number of hydrogen-bond acceptors (Lipinski definition) is 5. The fourth-order valence-electron chi connectivity index (χ4n) is 2.51. The summed E-state index contributed by atoms with van der Waals surface area (Å²) in [4.78, 5) is 11.6. The second kappa shape index (κ2) is 7.30. The summed E-state index contributed by atoms with van der Waals surface area (Å²) in [6.07, 6.45) is -4.52. The van der Waals surface area contributed by atoms with Gasteiger partial charge >= 0.3 is 6.18 Å². The summed E-state index contributed by atoms with van der Waals surface area (Å²) < 4.78 is 69.4. The maximum absolute atomic E-state index is 12.8. The monoisotopic (exact) mass is 384 g/mol. The third-order valence-corrected chi connectivity index (χ3v) is 5.81. The molecule has 2 rings (SSSR count). The molecular formula is C13H19F3N4O4S. The van der Waals surface area contributed by atoms with Crippen molar-refractivity contribution in [2.24, 2.45) is 0 Å². The Morgan fingerprint density at radius 3 is 2.44 bits per heavy atom. The Kier molecular flexibility index (Phi) is 5.74. The van der Waals surface area contributed by atoms with Crippen LogP contribution < -0.4 is 5.32 Å². The summed E-state index contributed by atoms with van der Waals surface area (Å²) >= 11 is 0. The van der Waals surface area contributed by atoms with Crippen LogP contribution in [0.5, 0.6) is 0 Å². The number of halogens is 3. The van der Waals surface area contributed by atoms with Crippen LogP contribution in [0.25, 0.3) is 0 Å². The van der Waals surface area contributed by atoms with Gasteiger partial charge in [0.05, 0.1) is 24.6 Å². The molecule has 0 aliphatic carbocycles. The Bertz CT molecular complexity index is 739. The second-order valence-electron chi connectivity index (χ2n) is 5.57. The Hall–Kier alpha value is -1.66. The number of carbonyl (C=O) groups excluding carboxylic acids is 1. The number of rotatable bonds is 5. The fourth-order valence-corrected chi connectivity index (χ4v) is 4.30. The number of nitrogens with one attached hydrogen (secondary N) is 1. The van der Waals surface area contributed by atoms with Crippen LogP contribution in [0, 0.1) is 13.8 Å². The Labute approximate surface area is 143 Å². The normalized spacial score (nSPS) is 16.8. The molecule has 12 heteroatoms. The van der Waals surface area contributed by atoms with Crippen molar-refractivity contribution in [2.45, 2.75) is 31.5 Å². The van der Waals surface area contributed by atoms with Gasteiger partial charge in [-0.2, -0.15) is 22.6 Å². The average molecular weight is 384 g/mol. The van der Waals surface area contributed by atoms with Gasteiger partial charge in [0.1, 0.15) is 18.0 Å². The van der Waals surface area contributed by atoms with Gasteiger partial charge in [-0.05, 0) is 13.8 Å². The predicted octanol–water partition coefficient (Wildman–Crippen LogP) is 0.199. The zero-order chi connectivity index (χ0) is 18.8. The molecule has 0 bridgehead atoms. The summed E-state index contributed by atoms with van der Waals surface area (Å²) in [5, 5.41) is 5.72. The number of morpholine rings is 1. The van der Waals surface area contributed by atoms with Crippen LogP contribution in [0.4, 0.5) is 13.2 Å². The highest BCUT2D eigenvalue weighted by Gasteiger charge is 2.32. The first-order valence-corrected chi connectivity index (χ1v) is 8.92. The minimum Gasteiger partial charge on any atom is -0.379 e. The standard InChI is InChI=1S/C13H19F3N4O4S/c1-9-12(25(22,23)19-3-5-24-6-4-19)10(2)20(18-9)7-11(21)17-8-13(14,15)16/h3-8H2,1-2H3,(H,17,21). The van der Waals surface area contributed by atoms with Gasteiger partial charge in [0.2, 0.25) is 15.9 Å². The smallest absolute Gasteiger partial charge is 0.379 e. The first-order valence-electron chi connectivity index (χ1n) is 7.48. The number of amides is 1. The Morgan fingerprint density at radius 1 is 1.28 bits per heavy atom. The maximum atomic E-state index is 12.8. The molecule has 1 saturated heterocycles. The van der Waals surface area contributed by atoms with Gasteiger partial charge < -0.3 is 10.1 Å². The van der Waals surface area contributed by atoms with Crippen molar-refractivity contribution in [1.82, 2.24) is 19.4 Å². The van der Waals surface area contributed by atoms with Crippen molar-refractivity contribution in [1.29, 1.82) is 0 Å². The summed E-state index contributed by atoms with van der Waals surface area (Å²) in [6, 6.07) is 0. The van der Waals surface area contributed by atoms with Crippen LogP contribution >= 0.6 is 0 Å². The molecule has 1 N–H and O–H groups in total. The van der Waals surface area contributed by atoms with Crippen LogP contribution in [0.1, 0.15) is 11.4 Å². The number of hydrogen-bond donors (Lipinski definition) is 1. The molecule has 0 radical (unpaired) electrons. The highest BCUT2D eigenvalue weighted by atomic mass is 32.2. The number of ether oxygens (including phenoxy) is 1. The van der Waals surface area contributed by atoms with E-state index in [9.17, 15) is 26.4 Å². The van der Waals surface area contributed by atoms with E-state index in [2.05, 4.69) is 5.10 Å². The van der Waals surface area contributed by atoms with E-state index >= 15 is 0 Å². The molecule has 1 aliphatic heterocycles. The topological polar surface area (TPSA) is 93.5 Å². The molecule has 1 aromatic rings. The number of carbonyl (C=O) groups is 1. The van der Waals surface area contributed by atoms with Gasteiger partial charge in [0.25, 0.3) is 0 Å². The SMILES string of the molecule is Cc1nn(CC(=O)NCC(F)(F)F)c(C)c1S(=O)(=O)N1CCOCC1. The Morgan fingerprint density at radius 2 is 1.88 bits per heavy atom. The molecule has 2 heterocycles. The van der Waals surface area contributed by atoms with Crippen LogP contribution in [-0.4, -0.2) is 67.4 Å². The van der Waals surface area contributed by atoms with Gasteiger partial charge in [-0.25, -0.2) is 8.42 Å². The molecular weight excluding hydrogens is 365 g/mol. The average Bonchev–Trinajstić information content (AvgIpc) is 2.80. The fraction of sp³-hybridized carbons (Fsp3) is 0.692. The first kappa shape index (κ1) is 19.7. The molecule has 0 unspecified atom stereocenters. The maximum Gasteiger partial charge on any atom is 0.405 e. The van der Waals surface area contributed by atoms with Crippen LogP contribution in [0.3, 0.4) is 0 Å². The lowest BCUT2D eigenvalue weighted by atomic mass is 10.4. The van der Waals surface area contributed by atoms with Crippen molar-refractivity contribution in [2.75, 3.05) is 32.8 Å². The zero-order valence-corrected chi connectivity index (χ0v) is 14.6. The molecule has 0 spiro atoms. The number of aryl methyl sites for hydroxylation is 1. The van der Waals surface area contributed by atoms with Gasteiger partial charge in [-0.3, -0.25) is 9.48 Å². The molecule has 0 saturated carbocycles. The van der Waals surface area contributed by atoms with Crippen molar-refractivity contribution in [3.05, 3.63) is 11.4 Å². The van der Waals surface area contributed by atoms with E-state index in [4.69, 9.17) is 4.74 Å². The lowest BCUT2D eigenvalue weighted by Crippen LogP contribution is -2.41. The van der Waals surface area contributed by atoms with E-state index in [-0.39, 0.29) is 42.6 Å². The third kappa shape index (κ3) is 4.70. The lowest BCUT2D eigenvalue weighted by molar-refractivity contribution is -0.138. The van der Waals surface area contributed by atoms with E-state index < -0.39 is 35.2 Å². The second-order valence-corrected chi connectivity index (χ2v) is 7.44. The van der Waals surface area contributed by atoms with E-state index in [0.29, 0.717) is 0 Å². The van der Waals surface area contributed by atoms with Gasteiger partial charge in [-0.15, -0.1) is 0 Å². The van der Waals surface area contributed by atoms with E-state index in [0.717, 1.165) is 4.68 Å². The molecule has 1 aliphatic rings. The molecule has 142 valence electrons. The van der Waals surface area contributed by atoms with Crippen LogP contribution in [0.15, 0.2) is 4.90 Å². The molecule has 1 amide bonds. The zero-order valence-electron chi connectivity index (χ0n) is 13.8. The minimum absolute atomic E-state index is 0.0296. The van der Waals surface area contributed by atoms with Crippen LogP contribution in [0.2, 0.25) is 0 Å². The number of aromatic nitrogens is 2. The van der Waals surface area contributed by atoms with Crippen LogP contribution in [-0.2, 0) is 26.1 Å². The van der Waals surface area contributed by atoms with Crippen molar-refractivity contribution >= 4 is 15.9 Å². The molecule has 25 heavy (non-hydrogen) atoms. The number of alkyl halides is 3.